The maximum Gasteiger partial charge on any atom is 0.260 e. The Morgan fingerprint density at radius 3 is 2.44 bits per heavy atom. The number of aromatic nitrogens is 1. The van der Waals surface area contributed by atoms with Crippen LogP contribution in [0.2, 0.25) is 5.02 Å². The van der Waals surface area contributed by atoms with Crippen molar-refractivity contribution in [3.8, 4) is 5.69 Å². The Kier molecular flexibility index (Phi) is 7.53. The molecular weight excluding hydrogens is 472 g/mol. The molecule has 0 aliphatic heterocycles. The van der Waals surface area contributed by atoms with Gasteiger partial charge in [-0.15, -0.1) is 0 Å². The molecule has 3 rings (SSSR count). The van der Waals surface area contributed by atoms with Crippen molar-refractivity contribution < 1.29 is 13.2 Å². The van der Waals surface area contributed by atoms with Gasteiger partial charge < -0.3 is 4.57 Å². The second kappa shape index (κ2) is 10.0. The summed E-state index contributed by atoms with van der Waals surface area (Å²) in [7, 11) is -3.72. The number of nitrogens with one attached hydrogen (secondary N) is 1. The first-order valence-corrected chi connectivity index (χ1v) is 12.9. The third-order valence-corrected chi connectivity index (χ3v) is 7.34. The Hall–Kier alpha value is -3.10. The largest absolute Gasteiger partial charge is 0.318 e. The highest BCUT2D eigenvalue weighted by Crippen LogP contribution is 2.28. The molecule has 0 saturated carbocycles. The molecule has 9 heteroatoms. The second-order valence-electron chi connectivity index (χ2n) is 8.38. The minimum Gasteiger partial charge on any atom is -0.318 e. The van der Waals surface area contributed by atoms with Crippen LogP contribution in [0.4, 0.5) is 5.69 Å². The van der Waals surface area contributed by atoms with Gasteiger partial charge in [0.15, 0.2) is 0 Å². The van der Waals surface area contributed by atoms with Gasteiger partial charge in [0, 0.05) is 27.7 Å². The zero-order valence-corrected chi connectivity index (χ0v) is 21.8. The fourth-order valence-electron chi connectivity index (χ4n) is 3.77. The molecule has 0 saturated heterocycles. The second-order valence-corrected chi connectivity index (χ2v) is 10.7. The highest BCUT2D eigenvalue weighted by molar-refractivity contribution is 7.92. The van der Waals surface area contributed by atoms with Crippen molar-refractivity contribution in [3.63, 3.8) is 0 Å². The number of carbonyl (C=O) groups is 1. The van der Waals surface area contributed by atoms with E-state index in [-0.39, 0.29) is 0 Å². The SMILES string of the molecule is Cc1ccc(-n2c(C)cc(/C=N\NC(=O)CN(c3cccc(Cl)c3C)S(C)(=O)=O)c2C)cc1C. The average molecular weight is 501 g/mol. The molecule has 0 aliphatic carbocycles. The summed E-state index contributed by atoms with van der Waals surface area (Å²) in [5, 5.41) is 4.49. The lowest BCUT2D eigenvalue weighted by Crippen LogP contribution is -2.39. The van der Waals surface area contributed by atoms with Crippen LogP contribution in [0.5, 0.6) is 0 Å². The molecule has 7 nitrogen and oxygen atoms in total. The zero-order valence-electron chi connectivity index (χ0n) is 20.2. The summed E-state index contributed by atoms with van der Waals surface area (Å²) in [6.07, 6.45) is 2.61. The van der Waals surface area contributed by atoms with Crippen molar-refractivity contribution in [1.29, 1.82) is 0 Å². The number of carbonyl (C=O) groups excluding carboxylic acids is 1. The summed E-state index contributed by atoms with van der Waals surface area (Å²) >= 11 is 6.14. The number of amides is 1. The van der Waals surface area contributed by atoms with Gasteiger partial charge in [-0.05, 0) is 81.6 Å². The number of aryl methyl sites for hydroxylation is 3. The molecule has 2 aromatic carbocycles. The van der Waals surface area contributed by atoms with Gasteiger partial charge in [0.1, 0.15) is 6.54 Å². The van der Waals surface area contributed by atoms with Gasteiger partial charge in [0.05, 0.1) is 18.2 Å². The first-order valence-electron chi connectivity index (χ1n) is 10.7. The smallest absolute Gasteiger partial charge is 0.260 e. The topological polar surface area (TPSA) is 83.8 Å². The Bertz CT molecular complexity index is 1380. The Morgan fingerprint density at radius 1 is 1.09 bits per heavy atom. The summed E-state index contributed by atoms with van der Waals surface area (Å²) in [5.74, 6) is -0.566. The summed E-state index contributed by atoms with van der Waals surface area (Å²) in [5.41, 5.74) is 9.71. The van der Waals surface area contributed by atoms with Crippen LogP contribution >= 0.6 is 11.6 Å². The maximum atomic E-state index is 12.5. The Labute approximate surface area is 206 Å². The van der Waals surface area contributed by atoms with E-state index in [1.54, 1.807) is 31.3 Å². The van der Waals surface area contributed by atoms with Crippen molar-refractivity contribution in [2.75, 3.05) is 17.1 Å². The molecule has 0 aliphatic rings. The lowest BCUT2D eigenvalue weighted by molar-refractivity contribution is -0.119. The standard InChI is InChI=1S/C25H29ClN4O3S/c1-16-10-11-22(12-17(16)2)30-18(3)13-21(20(30)5)14-27-28-25(31)15-29(34(6,32)33)24-9-7-8-23(26)19(24)4/h7-14H,15H2,1-6H3,(H,28,31)/b27-14-. The molecule has 1 heterocycles. The van der Waals surface area contributed by atoms with E-state index in [2.05, 4.69) is 47.1 Å². The molecule has 1 amide bonds. The molecule has 0 fully saturated rings. The first kappa shape index (κ1) is 25.5. The molecule has 0 atom stereocenters. The number of hydrogen-bond donors (Lipinski definition) is 1. The number of hydrazone groups is 1. The average Bonchev–Trinajstić information content (AvgIpc) is 3.03. The van der Waals surface area contributed by atoms with Gasteiger partial charge in [0.25, 0.3) is 5.91 Å². The van der Waals surface area contributed by atoms with Crippen LogP contribution in [0, 0.1) is 34.6 Å². The van der Waals surface area contributed by atoms with E-state index < -0.39 is 22.5 Å². The lowest BCUT2D eigenvalue weighted by Gasteiger charge is -2.23. The van der Waals surface area contributed by atoms with E-state index in [0.717, 1.165) is 33.2 Å². The van der Waals surface area contributed by atoms with Gasteiger partial charge in [-0.1, -0.05) is 23.7 Å². The van der Waals surface area contributed by atoms with Crippen LogP contribution in [-0.2, 0) is 14.8 Å². The van der Waals surface area contributed by atoms with E-state index in [1.807, 2.05) is 19.9 Å². The predicted molar refractivity (Wildman–Crippen MR) is 139 cm³/mol. The minimum atomic E-state index is -3.72. The number of sulfonamides is 1. The first-order chi connectivity index (χ1) is 15.9. The summed E-state index contributed by atoms with van der Waals surface area (Å²) in [6.45, 7) is 9.44. The van der Waals surface area contributed by atoms with E-state index in [9.17, 15) is 13.2 Å². The van der Waals surface area contributed by atoms with E-state index in [1.165, 1.54) is 11.1 Å². The molecular formula is C25H29ClN4O3S. The monoisotopic (exact) mass is 500 g/mol. The van der Waals surface area contributed by atoms with Crippen LogP contribution < -0.4 is 9.73 Å². The highest BCUT2D eigenvalue weighted by atomic mass is 35.5. The third-order valence-electron chi connectivity index (χ3n) is 5.81. The van der Waals surface area contributed by atoms with Gasteiger partial charge in [-0.2, -0.15) is 5.10 Å². The van der Waals surface area contributed by atoms with Gasteiger partial charge in [0.2, 0.25) is 10.0 Å². The van der Waals surface area contributed by atoms with E-state index in [0.29, 0.717) is 16.3 Å². The maximum absolute atomic E-state index is 12.5. The molecule has 3 aromatic rings. The van der Waals surface area contributed by atoms with Crippen LogP contribution in [-0.4, -0.2) is 37.9 Å². The summed E-state index contributed by atoms with van der Waals surface area (Å²) < 4.78 is 27.9. The molecule has 180 valence electrons. The molecule has 1 aromatic heterocycles. The van der Waals surface area contributed by atoms with Crippen LogP contribution in [0.15, 0.2) is 47.6 Å². The summed E-state index contributed by atoms with van der Waals surface area (Å²) in [4.78, 5) is 12.5. The fraction of sp³-hybridized carbons (Fsp3) is 0.280. The normalized spacial score (nSPS) is 11.7. The van der Waals surface area contributed by atoms with Crippen molar-refractivity contribution >= 4 is 39.4 Å². The molecule has 0 bridgehead atoms. The number of nitrogens with zero attached hydrogens (tertiary/aromatic N) is 3. The molecule has 1 N–H and O–H groups in total. The molecule has 0 spiro atoms. The molecule has 34 heavy (non-hydrogen) atoms. The predicted octanol–water partition coefficient (Wildman–Crippen LogP) is 4.59. The van der Waals surface area contributed by atoms with Crippen LogP contribution in [0.25, 0.3) is 5.69 Å². The molecule has 0 radical (unpaired) electrons. The Morgan fingerprint density at radius 2 is 1.79 bits per heavy atom. The number of halogens is 1. The van der Waals surface area contributed by atoms with Crippen LogP contribution in [0.1, 0.15) is 33.6 Å². The van der Waals surface area contributed by atoms with Crippen LogP contribution in [0.3, 0.4) is 0 Å². The number of benzene rings is 2. The fourth-order valence-corrected chi connectivity index (χ4v) is 4.84. The van der Waals surface area contributed by atoms with Crippen molar-refractivity contribution in [2.45, 2.75) is 34.6 Å². The third kappa shape index (κ3) is 5.51. The lowest BCUT2D eigenvalue weighted by atomic mass is 10.1. The zero-order chi connectivity index (χ0) is 25.2. The van der Waals surface area contributed by atoms with Crippen molar-refractivity contribution in [3.05, 3.63) is 81.1 Å². The number of anilines is 1. The van der Waals surface area contributed by atoms with E-state index in [4.69, 9.17) is 11.6 Å². The van der Waals surface area contributed by atoms with Crippen molar-refractivity contribution in [2.24, 2.45) is 5.10 Å². The van der Waals surface area contributed by atoms with Gasteiger partial charge in [-0.25, -0.2) is 13.8 Å². The number of hydrogen-bond acceptors (Lipinski definition) is 4. The highest BCUT2D eigenvalue weighted by Gasteiger charge is 2.23. The van der Waals surface area contributed by atoms with E-state index >= 15 is 0 Å². The van der Waals surface area contributed by atoms with Gasteiger partial charge in [-0.3, -0.25) is 9.10 Å². The minimum absolute atomic E-state index is 0.353. The quantitative estimate of drug-likeness (QED) is 0.380. The van der Waals surface area contributed by atoms with Crippen molar-refractivity contribution in [1.82, 2.24) is 9.99 Å². The summed E-state index contributed by atoms with van der Waals surface area (Å²) in [6, 6.07) is 13.2. The number of rotatable bonds is 7. The Balaban J connectivity index is 1.78. The molecule has 0 unspecified atom stereocenters. The van der Waals surface area contributed by atoms with Gasteiger partial charge >= 0.3 is 0 Å².